The third-order valence-electron chi connectivity index (χ3n) is 6.17. The van der Waals surface area contributed by atoms with Crippen molar-refractivity contribution >= 4 is 28.9 Å². The van der Waals surface area contributed by atoms with Crippen molar-refractivity contribution in [1.82, 2.24) is 5.43 Å². The summed E-state index contributed by atoms with van der Waals surface area (Å²) in [7, 11) is 1.56. The molecule has 198 valence electrons. The first-order valence-corrected chi connectivity index (χ1v) is 12.6. The van der Waals surface area contributed by atoms with Gasteiger partial charge in [-0.15, -0.1) is 0 Å². The zero-order chi connectivity index (χ0) is 27.7. The highest BCUT2D eigenvalue weighted by atomic mass is 16.5. The van der Waals surface area contributed by atoms with Crippen molar-refractivity contribution in [2.45, 2.75) is 0 Å². The van der Waals surface area contributed by atoms with Gasteiger partial charge in [0.2, 0.25) is 0 Å². The molecule has 7 nitrogen and oxygen atoms in total. The Morgan fingerprint density at radius 3 is 2.17 bits per heavy atom. The van der Waals surface area contributed by atoms with Gasteiger partial charge in [-0.05, 0) is 64.4 Å². The average molecular weight is 531 g/mol. The number of benzene rings is 5. The molecule has 7 heteroatoms. The summed E-state index contributed by atoms with van der Waals surface area (Å²) in [6, 6.07) is 35.3. The summed E-state index contributed by atoms with van der Waals surface area (Å²) in [4.78, 5) is 25.2. The quantitative estimate of drug-likeness (QED) is 0.105. The minimum atomic E-state index is -0.525. The molecule has 0 heterocycles. The molecule has 0 unspecified atom stereocenters. The average Bonchev–Trinajstić information content (AvgIpc) is 3.01. The number of amides is 1. The standard InChI is InChI=1S/C33H26N2O5/c1-38-27-16-13-26(14-17-27)33(37)40-31-20-15-25-9-5-6-10-29(25)30(31)21-34-35-32(36)22-39-28-18-11-24(12-19-28)23-7-3-2-4-8-23/h2-21H,22H2,1H3,(H,35,36)/b34-21-. The maximum atomic E-state index is 12.8. The highest BCUT2D eigenvalue weighted by molar-refractivity contribution is 6.04. The van der Waals surface area contributed by atoms with E-state index in [4.69, 9.17) is 14.2 Å². The van der Waals surface area contributed by atoms with Crippen LogP contribution in [0.3, 0.4) is 0 Å². The zero-order valence-electron chi connectivity index (χ0n) is 21.7. The Hall–Kier alpha value is -5.43. The van der Waals surface area contributed by atoms with E-state index >= 15 is 0 Å². The molecule has 0 aliphatic carbocycles. The Morgan fingerprint density at radius 2 is 1.43 bits per heavy atom. The lowest BCUT2D eigenvalue weighted by atomic mass is 10.0. The Bertz CT molecular complexity index is 1650. The van der Waals surface area contributed by atoms with E-state index in [1.807, 2.05) is 84.9 Å². The fourth-order valence-electron chi connectivity index (χ4n) is 4.11. The van der Waals surface area contributed by atoms with Gasteiger partial charge in [0.1, 0.15) is 17.2 Å². The number of rotatable bonds is 9. The largest absolute Gasteiger partial charge is 0.497 e. The van der Waals surface area contributed by atoms with Crippen molar-refractivity contribution in [2.75, 3.05) is 13.7 Å². The van der Waals surface area contributed by atoms with E-state index < -0.39 is 11.9 Å². The molecule has 0 bridgehead atoms. The molecule has 0 saturated heterocycles. The molecule has 5 aromatic carbocycles. The SMILES string of the molecule is COc1ccc(C(=O)Oc2ccc3ccccc3c2/C=N\NC(=O)COc2ccc(-c3ccccc3)cc2)cc1. The van der Waals surface area contributed by atoms with E-state index in [-0.39, 0.29) is 6.61 Å². The molecule has 1 N–H and O–H groups in total. The van der Waals surface area contributed by atoms with Gasteiger partial charge in [-0.1, -0.05) is 72.8 Å². The van der Waals surface area contributed by atoms with Gasteiger partial charge in [0.25, 0.3) is 5.91 Å². The van der Waals surface area contributed by atoms with Crippen LogP contribution in [-0.2, 0) is 4.79 Å². The second-order valence-electron chi connectivity index (χ2n) is 8.79. The van der Waals surface area contributed by atoms with E-state index in [0.717, 1.165) is 21.9 Å². The van der Waals surface area contributed by atoms with E-state index in [2.05, 4.69) is 10.5 Å². The number of nitrogens with one attached hydrogen (secondary N) is 1. The molecule has 1 amide bonds. The number of methoxy groups -OCH3 is 1. The highest BCUT2D eigenvalue weighted by Crippen LogP contribution is 2.28. The predicted octanol–water partition coefficient (Wildman–Crippen LogP) is 6.26. The number of fused-ring (bicyclic) bond motifs is 1. The monoisotopic (exact) mass is 530 g/mol. The number of esters is 1. The van der Waals surface area contributed by atoms with Gasteiger partial charge in [-0.3, -0.25) is 4.79 Å². The molecule has 40 heavy (non-hydrogen) atoms. The van der Waals surface area contributed by atoms with E-state index in [1.165, 1.54) is 6.21 Å². The van der Waals surface area contributed by atoms with Crippen LogP contribution < -0.4 is 19.6 Å². The lowest BCUT2D eigenvalue weighted by molar-refractivity contribution is -0.123. The minimum Gasteiger partial charge on any atom is -0.497 e. The van der Waals surface area contributed by atoms with Crippen LogP contribution in [0.2, 0.25) is 0 Å². The summed E-state index contributed by atoms with van der Waals surface area (Å²) in [6.07, 6.45) is 1.46. The van der Waals surface area contributed by atoms with Gasteiger partial charge in [0, 0.05) is 5.56 Å². The summed E-state index contributed by atoms with van der Waals surface area (Å²) < 4.78 is 16.5. The molecule has 5 aromatic rings. The zero-order valence-corrected chi connectivity index (χ0v) is 21.7. The van der Waals surface area contributed by atoms with Crippen molar-refractivity contribution in [1.29, 1.82) is 0 Å². The van der Waals surface area contributed by atoms with E-state index in [9.17, 15) is 9.59 Å². The van der Waals surface area contributed by atoms with Gasteiger partial charge in [-0.25, -0.2) is 10.2 Å². The third-order valence-corrected chi connectivity index (χ3v) is 6.17. The van der Waals surface area contributed by atoms with E-state index in [1.54, 1.807) is 37.4 Å². The fraction of sp³-hybridized carbons (Fsp3) is 0.0606. The molecule has 0 spiro atoms. The Morgan fingerprint density at radius 1 is 0.750 bits per heavy atom. The Kier molecular flexibility index (Phi) is 8.12. The molecule has 0 fully saturated rings. The van der Waals surface area contributed by atoms with Gasteiger partial charge < -0.3 is 14.2 Å². The van der Waals surface area contributed by atoms with E-state index in [0.29, 0.717) is 28.4 Å². The van der Waals surface area contributed by atoms with Crippen LogP contribution in [0.15, 0.2) is 120 Å². The van der Waals surface area contributed by atoms with Crippen LogP contribution in [-0.4, -0.2) is 31.8 Å². The molecule has 0 aliphatic rings. The van der Waals surface area contributed by atoms with Crippen LogP contribution in [0.5, 0.6) is 17.2 Å². The van der Waals surface area contributed by atoms with Gasteiger partial charge >= 0.3 is 5.97 Å². The minimum absolute atomic E-state index is 0.211. The summed E-state index contributed by atoms with van der Waals surface area (Å²) in [5.74, 6) is 0.565. The maximum absolute atomic E-state index is 12.8. The second-order valence-corrected chi connectivity index (χ2v) is 8.79. The molecule has 0 saturated carbocycles. The molecule has 5 rings (SSSR count). The number of hydrogen-bond donors (Lipinski definition) is 1. The van der Waals surface area contributed by atoms with Crippen molar-refractivity contribution < 1.29 is 23.8 Å². The first-order valence-electron chi connectivity index (χ1n) is 12.6. The smallest absolute Gasteiger partial charge is 0.343 e. The number of ether oxygens (including phenoxy) is 3. The van der Waals surface area contributed by atoms with Crippen LogP contribution in [0, 0.1) is 0 Å². The lowest BCUT2D eigenvalue weighted by Crippen LogP contribution is -2.24. The number of carbonyl (C=O) groups excluding carboxylic acids is 2. The first kappa shape index (κ1) is 26.2. The third kappa shape index (κ3) is 6.34. The summed E-state index contributed by atoms with van der Waals surface area (Å²) in [5, 5.41) is 5.86. The lowest BCUT2D eigenvalue weighted by Gasteiger charge is -2.11. The van der Waals surface area contributed by atoms with Crippen molar-refractivity contribution in [3.8, 4) is 28.4 Å². The maximum Gasteiger partial charge on any atom is 0.343 e. The van der Waals surface area contributed by atoms with Crippen LogP contribution >= 0.6 is 0 Å². The second kappa shape index (κ2) is 12.4. The summed E-state index contributed by atoms with van der Waals surface area (Å²) in [5.41, 5.74) is 5.56. The molecule has 0 radical (unpaired) electrons. The molecular weight excluding hydrogens is 504 g/mol. The molecular formula is C33H26N2O5. The highest BCUT2D eigenvalue weighted by Gasteiger charge is 2.14. The Balaban J connectivity index is 1.25. The summed E-state index contributed by atoms with van der Waals surface area (Å²) in [6.45, 7) is -0.211. The Labute approximate surface area is 231 Å². The number of carbonyl (C=O) groups is 2. The first-order chi connectivity index (χ1) is 19.6. The fourth-order valence-corrected chi connectivity index (χ4v) is 4.11. The number of nitrogens with zero attached hydrogens (tertiary/aromatic N) is 1. The molecule has 0 aromatic heterocycles. The van der Waals surface area contributed by atoms with Crippen LogP contribution in [0.4, 0.5) is 0 Å². The van der Waals surface area contributed by atoms with Crippen molar-refractivity contribution in [2.24, 2.45) is 5.10 Å². The van der Waals surface area contributed by atoms with Crippen molar-refractivity contribution in [3.05, 3.63) is 126 Å². The summed E-state index contributed by atoms with van der Waals surface area (Å²) >= 11 is 0. The van der Waals surface area contributed by atoms with Gasteiger partial charge in [0.15, 0.2) is 6.61 Å². The normalized spacial score (nSPS) is 10.8. The molecule has 0 atom stereocenters. The molecule has 0 aliphatic heterocycles. The van der Waals surface area contributed by atoms with Crippen LogP contribution in [0.25, 0.3) is 21.9 Å². The number of hydrazone groups is 1. The topological polar surface area (TPSA) is 86.2 Å². The van der Waals surface area contributed by atoms with Gasteiger partial charge in [0.05, 0.1) is 18.9 Å². The predicted molar refractivity (Wildman–Crippen MR) is 155 cm³/mol. The van der Waals surface area contributed by atoms with Gasteiger partial charge in [-0.2, -0.15) is 5.10 Å². The van der Waals surface area contributed by atoms with Crippen molar-refractivity contribution in [3.63, 3.8) is 0 Å². The van der Waals surface area contributed by atoms with Crippen LogP contribution in [0.1, 0.15) is 15.9 Å². The number of hydrogen-bond acceptors (Lipinski definition) is 6.